The monoisotopic (exact) mass is 382 g/mol. The lowest BCUT2D eigenvalue weighted by molar-refractivity contribution is -0.366. The molecule has 0 spiro atoms. The zero-order valence-electron chi connectivity index (χ0n) is 14.7. The molecule has 26 heavy (non-hydrogen) atoms. The van der Waals surface area contributed by atoms with Crippen LogP contribution in [-0.2, 0) is 0 Å². The fourth-order valence-corrected chi connectivity index (χ4v) is 4.91. The molecule has 0 bridgehead atoms. The molecule has 1 N–H and O–H groups in total. The van der Waals surface area contributed by atoms with E-state index in [4.69, 9.17) is 0 Å². The number of alkyl halides is 6. The molecule has 3 aliphatic carbocycles. The standard InChI is InChI=1S/C19H24F6O/c1-15-8-3-2-5-13(15)6-7-14(15)16(11-12-16)9-4-10-17(26,18(20,21)22)19(23,24)25/h4,7,9,13,26H,2-3,5-6,8,10-12H2,1H3/t13-,15-/m1/s1. The Bertz CT molecular complexity index is 596. The van der Waals surface area contributed by atoms with Gasteiger partial charge in [0, 0.05) is 11.8 Å². The van der Waals surface area contributed by atoms with Crippen LogP contribution in [0.5, 0.6) is 0 Å². The maximum absolute atomic E-state index is 12.8. The van der Waals surface area contributed by atoms with Crippen molar-refractivity contribution in [2.24, 2.45) is 16.7 Å². The molecule has 2 atom stereocenters. The molecule has 0 aromatic carbocycles. The maximum atomic E-state index is 12.8. The van der Waals surface area contributed by atoms with Gasteiger partial charge in [-0.25, -0.2) is 0 Å². The van der Waals surface area contributed by atoms with Gasteiger partial charge in [-0.2, -0.15) is 26.3 Å². The first-order valence-electron chi connectivity index (χ1n) is 9.10. The smallest absolute Gasteiger partial charge is 0.373 e. The Kier molecular flexibility index (Phi) is 4.57. The summed E-state index contributed by atoms with van der Waals surface area (Å²) in [5, 5.41) is 9.29. The van der Waals surface area contributed by atoms with Crippen molar-refractivity contribution in [3.05, 3.63) is 23.8 Å². The highest BCUT2D eigenvalue weighted by molar-refractivity contribution is 5.38. The molecular weight excluding hydrogens is 358 g/mol. The minimum Gasteiger partial charge on any atom is -0.373 e. The Balaban J connectivity index is 1.78. The van der Waals surface area contributed by atoms with Crippen molar-refractivity contribution >= 4 is 0 Å². The Labute approximate surface area is 149 Å². The summed E-state index contributed by atoms with van der Waals surface area (Å²) < 4.78 is 76.8. The van der Waals surface area contributed by atoms with Crippen molar-refractivity contribution in [2.75, 3.05) is 0 Å². The molecule has 3 aliphatic rings. The molecule has 0 amide bonds. The highest BCUT2D eigenvalue weighted by Crippen LogP contribution is 2.66. The van der Waals surface area contributed by atoms with Gasteiger partial charge in [0.25, 0.3) is 5.60 Å². The van der Waals surface area contributed by atoms with E-state index in [2.05, 4.69) is 13.0 Å². The average Bonchev–Trinajstić information content (AvgIpc) is 3.19. The first kappa shape index (κ1) is 19.8. The van der Waals surface area contributed by atoms with Crippen molar-refractivity contribution in [1.82, 2.24) is 0 Å². The first-order chi connectivity index (χ1) is 11.9. The van der Waals surface area contributed by atoms with Crippen molar-refractivity contribution in [2.45, 2.75) is 76.2 Å². The van der Waals surface area contributed by atoms with Gasteiger partial charge in [-0.15, -0.1) is 0 Å². The van der Waals surface area contributed by atoms with E-state index in [1.807, 2.05) is 0 Å². The van der Waals surface area contributed by atoms with E-state index in [0.29, 0.717) is 5.92 Å². The van der Waals surface area contributed by atoms with Gasteiger partial charge >= 0.3 is 12.4 Å². The predicted molar refractivity (Wildman–Crippen MR) is 85.2 cm³/mol. The Morgan fingerprint density at radius 3 is 2.23 bits per heavy atom. The molecule has 0 aromatic heterocycles. The molecule has 0 aromatic rings. The quantitative estimate of drug-likeness (QED) is 0.460. The Morgan fingerprint density at radius 1 is 1.08 bits per heavy atom. The van der Waals surface area contributed by atoms with Gasteiger partial charge < -0.3 is 5.11 Å². The summed E-state index contributed by atoms with van der Waals surface area (Å²) in [6.45, 7) is 2.19. The molecule has 0 saturated heterocycles. The second kappa shape index (κ2) is 6.01. The first-order valence-corrected chi connectivity index (χ1v) is 9.10. The summed E-state index contributed by atoms with van der Waals surface area (Å²) in [4.78, 5) is 0. The average molecular weight is 382 g/mol. The van der Waals surface area contributed by atoms with Crippen LogP contribution in [0.15, 0.2) is 23.8 Å². The zero-order chi connectivity index (χ0) is 19.4. The van der Waals surface area contributed by atoms with Crippen LogP contribution in [-0.4, -0.2) is 23.1 Å². The largest absolute Gasteiger partial charge is 0.426 e. The van der Waals surface area contributed by atoms with Crippen LogP contribution in [0, 0.1) is 16.7 Å². The van der Waals surface area contributed by atoms with Crippen molar-refractivity contribution in [3.8, 4) is 0 Å². The highest BCUT2D eigenvalue weighted by atomic mass is 19.4. The summed E-state index contributed by atoms with van der Waals surface area (Å²) in [7, 11) is 0. The Hall–Kier alpha value is -0.980. The lowest BCUT2D eigenvalue weighted by Crippen LogP contribution is -2.56. The molecule has 0 heterocycles. The van der Waals surface area contributed by atoms with Gasteiger partial charge in [0.2, 0.25) is 0 Å². The van der Waals surface area contributed by atoms with E-state index in [1.165, 1.54) is 18.1 Å². The Morgan fingerprint density at radius 2 is 1.69 bits per heavy atom. The lowest BCUT2D eigenvalue weighted by atomic mass is 9.63. The van der Waals surface area contributed by atoms with Crippen LogP contribution >= 0.6 is 0 Å². The summed E-state index contributed by atoms with van der Waals surface area (Å²) in [5.74, 6) is 0.527. The van der Waals surface area contributed by atoms with E-state index >= 15 is 0 Å². The molecule has 1 nitrogen and oxygen atoms in total. The van der Waals surface area contributed by atoms with Gasteiger partial charge in [-0.05, 0) is 43.4 Å². The van der Waals surface area contributed by atoms with Crippen molar-refractivity contribution in [3.63, 3.8) is 0 Å². The number of hydrogen-bond acceptors (Lipinski definition) is 1. The third kappa shape index (κ3) is 3.00. The van der Waals surface area contributed by atoms with Gasteiger partial charge in [-0.3, -0.25) is 0 Å². The second-order valence-corrected chi connectivity index (χ2v) is 8.33. The number of allylic oxidation sites excluding steroid dienone is 3. The van der Waals surface area contributed by atoms with Gasteiger partial charge in [-0.1, -0.05) is 43.6 Å². The normalized spacial score (nSPS) is 31.8. The number of halogens is 6. The predicted octanol–water partition coefficient (Wildman–Crippen LogP) is 6.10. The van der Waals surface area contributed by atoms with Crippen LogP contribution in [0.1, 0.15) is 58.3 Å². The summed E-state index contributed by atoms with van der Waals surface area (Å²) >= 11 is 0. The molecule has 3 rings (SSSR count). The minimum absolute atomic E-state index is 0.00342. The third-order valence-electron chi connectivity index (χ3n) is 6.73. The van der Waals surface area contributed by atoms with Crippen LogP contribution in [0.3, 0.4) is 0 Å². The molecule has 148 valence electrons. The fourth-order valence-electron chi connectivity index (χ4n) is 4.91. The second-order valence-electron chi connectivity index (χ2n) is 8.33. The van der Waals surface area contributed by atoms with E-state index < -0.39 is 29.8 Å². The molecule has 2 fully saturated rings. The summed E-state index contributed by atoms with van der Waals surface area (Å²) in [6, 6.07) is 0. The number of rotatable bonds is 4. The highest BCUT2D eigenvalue weighted by Gasteiger charge is 2.69. The molecule has 2 saturated carbocycles. The van der Waals surface area contributed by atoms with Crippen LogP contribution in [0.4, 0.5) is 26.3 Å². The van der Waals surface area contributed by atoms with E-state index in [9.17, 15) is 31.4 Å². The topological polar surface area (TPSA) is 20.2 Å². The fraction of sp³-hybridized carbons (Fsp3) is 0.789. The molecular formula is C19H24F6O. The maximum Gasteiger partial charge on any atom is 0.426 e. The molecule has 0 unspecified atom stereocenters. The molecule has 0 aliphatic heterocycles. The number of aliphatic hydroxyl groups is 1. The van der Waals surface area contributed by atoms with E-state index in [0.717, 1.165) is 44.6 Å². The van der Waals surface area contributed by atoms with E-state index in [1.54, 1.807) is 0 Å². The molecule has 7 heteroatoms. The molecule has 0 radical (unpaired) electrons. The van der Waals surface area contributed by atoms with Gasteiger partial charge in [0.05, 0.1) is 0 Å². The van der Waals surface area contributed by atoms with Crippen LogP contribution in [0.2, 0.25) is 0 Å². The van der Waals surface area contributed by atoms with Gasteiger partial charge in [0.15, 0.2) is 0 Å². The minimum atomic E-state index is -5.76. The van der Waals surface area contributed by atoms with Crippen LogP contribution < -0.4 is 0 Å². The lowest BCUT2D eigenvalue weighted by Gasteiger charge is -2.41. The summed E-state index contributed by atoms with van der Waals surface area (Å²) in [5.41, 5.74) is -3.93. The zero-order valence-corrected chi connectivity index (χ0v) is 14.7. The van der Waals surface area contributed by atoms with Gasteiger partial charge in [0.1, 0.15) is 0 Å². The number of hydrogen-bond donors (Lipinski definition) is 1. The van der Waals surface area contributed by atoms with Crippen LogP contribution in [0.25, 0.3) is 0 Å². The summed E-state index contributed by atoms with van der Waals surface area (Å²) in [6.07, 6.45) is -1.65. The SMILES string of the molecule is C[C@@]12CCCC[C@@H]1CC=C2C1(C=CCC(O)(C(F)(F)F)C(F)(F)F)CC1. The van der Waals surface area contributed by atoms with Crippen molar-refractivity contribution in [1.29, 1.82) is 0 Å². The third-order valence-corrected chi connectivity index (χ3v) is 6.73. The number of fused-ring (bicyclic) bond motifs is 1. The van der Waals surface area contributed by atoms with E-state index in [-0.39, 0.29) is 5.41 Å². The van der Waals surface area contributed by atoms with Crippen molar-refractivity contribution < 1.29 is 31.4 Å².